The maximum Gasteiger partial charge on any atom is 0.307 e. The molecule has 0 unspecified atom stereocenters. The van der Waals surface area contributed by atoms with E-state index in [0.717, 1.165) is 33.7 Å². The van der Waals surface area contributed by atoms with E-state index in [4.69, 9.17) is 0 Å². The Morgan fingerprint density at radius 2 is 1.81 bits per heavy atom. The van der Waals surface area contributed by atoms with Crippen LogP contribution in [0, 0.1) is 32.4 Å². The second kappa shape index (κ2) is 7.95. The van der Waals surface area contributed by atoms with Crippen molar-refractivity contribution in [3.05, 3.63) is 88.2 Å². The lowest BCUT2D eigenvalue weighted by Crippen LogP contribution is -2.08. The van der Waals surface area contributed by atoms with Gasteiger partial charge in [-0.25, -0.2) is 13.8 Å². The van der Waals surface area contributed by atoms with Crippen molar-refractivity contribution in [2.24, 2.45) is 0 Å². The fourth-order valence-corrected chi connectivity index (χ4v) is 4.09. The largest absolute Gasteiger partial charge is 0.481 e. The van der Waals surface area contributed by atoms with E-state index in [-0.39, 0.29) is 6.42 Å². The molecule has 0 saturated heterocycles. The van der Waals surface area contributed by atoms with Gasteiger partial charge in [-0.15, -0.1) is 0 Å². The van der Waals surface area contributed by atoms with E-state index in [1.54, 1.807) is 13.0 Å². The summed E-state index contributed by atoms with van der Waals surface area (Å²) < 4.78 is 28.8. The Labute approximate surface area is 178 Å². The van der Waals surface area contributed by atoms with Crippen LogP contribution < -0.4 is 0 Å². The third-order valence-corrected chi connectivity index (χ3v) is 5.53. The zero-order valence-corrected chi connectivity index (χ0v) is 17.5. The molecule has 0 aliphatic heterocycles. The van der Waals surface area contributed by atoms with Gasteiger partial charge in [0.1, 0.15) is 5.65 Å². The van der Waals surface area contributed by atoms with Crippen LogP contribution in [-0.4, -0.2) is 20.6 Å². The van der Waals surface area contributed by atoms with Crippen LogP contribution in [0.15, 0.2) is 48.7 Å². The number of rotatable bonds is 5. The van der Waals surface area contributed by atoms with E-state index in [1.165, 1.54) is 6.07 Å². The molecule has 2 aromatic heterocycles. The monoisotopic (exact) mass is 420 g/mol. The lowest BCUT2D eigenvalue weighted by atomic mass is 9.91. The first-order chi connectivity index (χ1) is 14.7. The molecule has 0 aliphatic rings. The average molecular weight is 420 g/mol. The number of aryl methyl sites for hydroxylation is 3. The van der Waals surface area contributed by atoms with Gasteiger partial charge in [-0.3, -0.25) is 4.79 Å². The van der Waals surface area contributed by atoms with Crippen LogP contribution in [0.4, 0.5) is 8.78 Å². The molecule has 4 rings (SSSR count). The average Bonchev–Trinajstić information content (AvgIpc) is 3.08. The normalized spacial score (nSPS) is 11.3. The fraction of sp³-hybridized carbons (Fsp3) is 0.200. The Morgan fingerprint density at radius 3 is 2.48 bits per heavy atom. The summed E-state index contributed by atoms with van der Waals surface area (Å²) in [5.74, 6) is -2.69. The van der Waals surface area contributed by atoms with E-state index in [1.807, 2.05) is 42.8 Å². The lowest BCUT2D eigenvalue weighted by Gasteiger charge is -2.16. The molecule has 0 bridgehead atoms. The predicted molar refractivity (Wildman–Crippen MR) is 116 cm³/mol. The number of pyridine rings is 1. The first-order valence-electron chi connectivity index (χ1n) is 9.96. The molecule has 31 heavy (non-hydrogen) atoms. The van der Waals surface area contributed by atoms with Gasteiger partial charge in [-0.2, -0.15) is 0 Å². The highest BCUT2D eigenvalue weighted by Crippen LogP contribution is 2.36. The summed E-state index contributed by atoms with van der Waals surface area (Å²) in [6.07, 6.45) is 1.71. The van der Waals surface area contributed by atoms with Gasteiger partial charge in [-0.1, -0.05) is 29.8 Å². The van der Waals surface area contributed by atoms with E-state index >= 15 is 0 Å². The molecule has 0 fully saturated rings. The summed E-state index contributed by atoms with van der Waals surface area (Å²) in [6, 6.07) is 11.8. The summed E-state index contributed by atoms with van der Waals surface area (Å²) in [4.78, 5) is 16.3. The highest BCUT2D eigenvalue weighted by molar-refractivity contribution is 5.98. The molecule has 0 saturated carbocycles. The van der Waals surface area contributed by atoms with Gasteiger partial charge in [0, 0.05) is 23.8 Å². The molecule has 0 aliphatic carbocycles. The first-order valence-corrected chi connectivity index (χ1v) is 9.96. The minimum absolute atomic E-state index is 0.133. The lowest BCUT2D eigenvalue weighted by molar-refractivity contribution is -0.136. The second-order valence-electron chi connectivity index (χ2n) is 7.87. The number of nitrogens with zero attached hydrogens (tertiary/aromatic N) is 2. The molecule has 2 aromatic carbocycles. The number of hydrogen-bond donors (Lipinski definition) is 1. The zero-order chi connectivity index (χ0) is 22.3. The number of carbonyl (C=O) groups is 1. The van der Waals surface area contributed by atoms with Crippen molar-refractivity contribution in [3.63, 3.8) is 0 Å². The van der Waals surface area contributed by atoms with Crippen molar-refractivity contribution in [3.8, 4) is 11.1 Å². The first kappa shape index (κ1) is 20.7. The summed E-state index contributed by atoms with van der Waals surface area (Å²) in [5, 5.41) is 10.3. The molecule has 4 aromatic rings. The number of aromatic nitrogens is 2. The van der Waals surface area contributed by atoms with Crippen LogP contribution in [0.2, 0.25) is 0 Å². The van der Waals surface area contributed by atoms with Crippen LogP contribution >= 0.6 is 0 Å². The number of aliphatic carboxylic acids is 1. The minimum atomic E-state index is -0.920. The summed E-state index contributed by atoms with van der Waals surface area (Å²) in [5.41, 5.74) is 6.58. The molecule has 0 amide bonds. The van der Waals surface area contributed by atoms with Crippen LogP contribution in [-0.2, 0) is 17.8 Å². The van der Waals surface area contributed by atoms with Crippen LogP contribution in [0.5, 0.6) is 0 Å². The van der Waals surface area contributed by atoms with E-state index in [0.29, 0.717) is 29.0 Å². The Hall–Kier alpha value is -3.54. The van der Waals surface area contributed by atoms with Crippen molar-refractivity contribution in [1.82, 2.24) is 9.55 Å². The highest BCUT2D eigenvalue weighted by Gasteiger charge is 2.20. The number of fused-ring (bicyclic) bond motifs is 1. The summed E-state index contributed by atoms with van der Waals surface area (Å²) >= 11 is 0. The molecule has 0 radical (unpaired) electrons. The van der Waals surface area contributed by atoms with Crippen molar-refractivity contribution >= 4 is 17.0 Å². The number of hydrogen-bond acceptors (Lipinski definition) is 2. The van der Waals surface area contributed by atoms with Crippen molar-refractivity contribution in [1.29, 1.82) is 0 Å². The maximum atomic E-state index is 13.7. The van der Waals surface area contributed by atoms with Crippen molar-refractivity contribution < 1.29 is 18.7 Å². The third-order valence-electron chi connectivity index (χ3n) is 5.53. The molecule has 4 nitrogen and oxygen atoms in total. The van der Waals surface area contributed by atoms with Gasteiger partial charge < -0.3 is 9.67 Å². The van der Waals surface area contributed by atoms with Gasteiger partial charge in [0.05, 0.1) is 6.42 Å². The maximum absolute atomic E-state index is 13.7. The van der Waals surface area contributed by atoms with Crippen LogP contribution in [0.3, 0.4) is 0 Å². The molecule has 6 heteroatoms. The number of carboxylic acid groups (broad SMARTS) is 1. The van der Waals surface area contributed by atoms with Gasteiger partial charge in [0.2, 0.25) is 0 Å². The Kier molecular flexibility index (Phi) is 5.31. The predicted octanol–water partition coefficient (Wildman–Crippen LogP) is 5.58. The molecule has 2 heterocycles. The molecule has 158 valence electrons. The molecule has 1 N–H and O–H groups in total. The quantitative estimate of drug-likeness (QED) is 0.458. The minimum Gasteiger partial charge on any atom is -0.481 e. The highest BCUT2D eigenvalue weighted by atomic mass is 19.2. The molecule has 0 atom stereocenters. The number of benzene rings is 2. The molecule has 0 spiro atoms. The summed E-state index contributed by atoms with van der Waals surface area (Å²) in [7, 11) is 0. The Balaban J connectivity index is 1.93. The molecular weight excluding hydrogens is 398 g/mol. The Bertz CT molecular complexity index is 1330. The van der Waals surface area contributed by atoms with Crippen molar-refractivity contribution in [2.75, 3.05) is 0 Å². The van der Waals surface area contributed by atoms with Crippen LogP contribution in [0.25, 0.3) is 22.2 Å². The van der Waals surface area contributed by atoms with E-state index < -0.39 is 17.6 Å². The Morgan fingerprint density at radius 1 is 1.03 bits per heavy atom. The van der Waals surface area contributed by atoms with Gasteiger partial charge in [0.25, 0.3) is 0 Å². The second-order valence-corrected chi connectivity index (χ2v) is 7.87. The standard InChI is InChI=1S/C25H22F2N2O2/c1-14-4-6-18(15(2)10-14)24-19-8-9-29(13-17-5-7-21(26)22(27)11-17)25(19)28-16(3)20(24)12-23(30)31/h4-11H,12-13H2,1-3H3,(H,30,31). The summed E-state index contributed by atoms with van der Waals surface area (Å²) in [6.45, 7) is 6.14. The van der Waals surface area contributed by atoms with E-state index in [9.17, 15) is 18.7 Å². The third kappa shape index (κ3) is 3.93. The number of halogens is 2. The van der Waals surface area contributed by atoms with Gasteiger partial charge in [0.15, 0.2) is 11.6 Å². The smallest absolute Gasteiger partial charge is 0.307 e. The van der Waals surface area contributed by atoms with Gasteiger partial charge in [-0.05, 0) is 66.8 Å². The SMILES string of the molecule is Cc1ccc(-c2c(CC(=O)O)c(C)nc3c2ccn3Cc2ccc(F)c(F)c2)c(C)c1. The topological polar surface area (TPSA) is 55.1 Å². The van der Waals surface area contributed by atoms with Gasteiger partial charge >= 0.3 is 5.97 Å². The van der Waals surface area contributed by atoms with Crippen LogP contribution in [0.1, 0.15) is 27.9 Å². The number of carboxylic acids is 1. The van der Waals surface area contributed by atoms with Crippen molar-refractivity contribution in [2.45, 2.75) is 33.7 Å². The van der Waals surface area contributed by atoms with E-state index in [2.05, 4.69) is 11.1 Å². The zero-order valence-electron chi connectivity index (χ0n) is 17.5. The fourth-order valence-electron chi connectivity index (χ4n) is 4.09. The molecular formula is C25H22F2N2O2.